The minimum absolute atomic E-state index is 0.137. The van der Waals surface area contributed by atoms with E-state index < -0.39 is 17.8 Å². The molecule has 0 unspecified atom stereocenters. The zero-order valence-corrected chi connectivity index (χ0v) is 21.9. The van der Waals surface area contributed by atoms with Crippen molar-refractivity contribution in [3.8, 4) is 0 Å². The lowest BCUT2D eigenvalue weighted by molar-refractivity contribution is -0.120. The number of aryl methyl sites for hydroxylation is 2. The lowest BCUT2D eigenvalue weighted by atomic mass is 10.0. The summed E-state index contributed by atoms with van der Waals surface area (Å²) in [6.07, 6.45) is 1.54. The van der Waals surface area contributed by atoms with E-state index in [1.807, 2.05) is 32.0 Å². The monoisotopic (exact) mass is 531 g/mol. The van der Waals surface area contributed by atoms with Crippen molar-refractivity contribution in [2.24, 2.45) is 0 Å². The second-order valence-corrected chi connectivity index (χ2v) is 8.87. The van der Waals surface area contributed by atoms with Crippen molar-refractivity contribution in [3.63, 3.8) is 0 Å². The van der Waals surface area contributed by atoms with Crippen LogP contribution in [0.25, 0.3) is 0 Å². The first-order chi connectivity index (χ1) is 18.3. The highest BCUT2D eigenvalue weighted by molar-refractivity contribution is 6.53. The van der Waals surface area contributed by atoms with Crippen molar-refractivity contribution in [2.45, 2.75) is 26.7 Å². The molecule has 0 spiro atoms. The molecule has 0 fully saturated rings. The van der Waals surface area contributed by atoms with Crippen molar-refractivity contribution in [1.29, 1.82) is 0 Å². The minimum atomic E-state index is -0.738. The van der Waals surface area contributed by atoms with Gasteiger partial charge in [0.25, 0.3) is 17.7 Å². The number of halogens is 1. The first-order valence-corrected chi connectivity index (χ1v) is 12.4. The van der Waals surface area contributed by atoms with Gasteiger partial charge in [-0.05, 0) is 60.4 Å². The summed E-state index contributed by atoms with van der Waals surface area (Å²) >= 11 is 6.26. The maximum Gasteiger partial charge on any atom is 0.337 e. The first kappa shape index (κ1) is 26.6. The molecule has 4 rings (SSSR count). The van der Waals surface area contributed by atoms with E-state index in [2.05, 4.69) is 10.6 Å². The molecule has 3 amide bonds. The van der Waals surface area contributed by atoms with Crippen LogP contribution >= 0.6 is 11.6 Å². The van der Waals surface area contributed by atoms with Crippen molar-refractivity contribution in [2.75, 3.05) is 22.6 Å². The van der Waals surface area contributed by atoms with Crippen LogP contribution in [0.4, 0.5) is 17.1 Å². The molecular formula is C29H26ClN3O5. The fourth-order valence-electron chi connectivity index (χ4n) is 4.21. The zero-order chi connectivity index (χ0) is 27.4. The molecule has 194 valence electrons. The van der Waals surface area contributed by atoms with Gasteiger partial charge in [0, 0.05) is 16.9 Å². The van der Waals surface area contributed by atoms with Gasteiger partial charge in [-0.15, -0.1) is 0 Å². The standard InChI is InChI=1S/C29H26ClN3O5/c1-4-17-9-6-10-18(5-2)24(17)32-26(34)19-11-7-13-21(15-19)31-25-23(30)27(35)33(28(25)36)22-14-8-12-20(16-22)29(37)38-3/h6-16,31H,4-5H2,1-3H3,(H,32,34). The summed E-state index contributed by atoms with van der Waals surface area (Å²) in [5.41, 5.74) is 3.85. The van der Waals surface area contributed by atoms with E-state index in [-0.39, 0.29) is 27.9 Å². The Labute approximate surface area is 225 Å². The van der Waals surface area contributed by atoms with Gasteiger partial charge in [0.1, 0.15) is 10.7 Å². The summed E-state index contributed by atoms with van der Waals surface area (Å²) < 4.78 is 4.71. The quantitative estimate of drug-likeness (QED) is 0.302. The molecule has 0 atom stereocenters. The number of ether oxygens (including phenoxy) is 1. The molecule has 9 heteroatoms. The molecule has 0 radical (unpaired) electrons. The Hall–Kier alpha value is -4.43. The van der Waals surface area contributed by atoms with E-state index >= 15 is 0 Å². The SMILES string of the molecule is CCc1cccc(CC)c1NC(=O)c1cccc(NC2=C(Cl)C(=O)N(c3cccc(C(=O)OC)c3)C2=O)c1. The molecule has 8 nitrogen and oxygen atoms in total. The van der Waals surface area contributed by atoms with Gasteiger partial charge in [-0.1, -0.05) is 55.8 Å². The number of carbonyl (C=O) groups is 4. The average molecular weight is 532 g/mol. The highest BCUT2D eigenvalue weighted by atomic mass is 35.5. The van der Waals surface area contributed by atoms with Gasteiger partial charge in [0.15, 0.2) is 0 Å². The molecule has 38 heavy (non-hydrogen) atoms. The number of nitrogens with one attached hydrogen (secondary N) is 2. The number of anilines is 3. The number of rotatable bonds is 8. The molecule has 3 aromatic carbocycles. The van der Waals surface area contributed by atoms with Crippen LogP contribution in [0.1, 0.15) is 45.7 Å². The Bertz CT molecular complexity index is 1460. The molecule has 0 aliphatic carbocycles. The average Bonchev–Trinajstić information content (AvgIpc) is 3.15. The second-order valence-electron chi connectivity index (χ2n) is 8.49. The van der Waals surface area contributed by atoms with Crippen molar-refractivity contribution in [1.82, 2.24) is 0 Å². The summed E-state index contributed by atoms with van der Waals surface area (Å²) in [6, 6.07) is 18.4. The van der Waals surface area contributed by atoms with E-state index in [4.69, 9.17) is 16.3 Å². The predicted molar refractivity (Wildman–Crippen MR) is 146 cm³/mol. The minimum Gasteiger partial charge on any atom is -0.465 e. The molecule has 0 saturated carbocycles. The molecule has 1 aliphatic rings. The number of imide groups is 1. The van der Waals surface area contributed by atoms with Gasteiger partial charge in [0.2, 0.25) is 0 Å². The predicted octanol–water partition coefficient (Wildman–Crippen LogP) is 5.29. The fraction of sp³-hybridized carbons (Fsp3) is 0.172. The Morgan fingerprint density at radius 2 is 1.50 bits per heavy atom. The highest BCUT2D eigenvalue weighted by Crippen LogP contribution is 2.31. The van der Waals surface area contributed by atoms with E-state index in [1.54, 1.807) is 24.3 Å². The van der Waals surface area contributed by atoms with Gasteiger partial charge < -0.3 is 15.4 Å². The number of nitrogens with zero attached hydrogens (tertiary/aromatic N) is 1. The summed E-state index contributed by atoms with van der Waals surface area (Å²) in [5.74, 6) is -2.34. The van der Waals surface area contributed by atoms with E-state index in [1.165, 1.54) is 31.4 Å². The van der Waals surface area contributed by atoms with Gasteiger partial charge in [-0.3, -0.25) is 14.4 Å². The van der Waals surface area contributed by atoms with Crippen LogP contribution in [-0.2, 0) is 27.2 Å². The van der Waals surface area contributed by atoms with E-state index in [0.717, 1.165) is 34.6 Å². The Morgan fingerprint density at radius 1 is 0.868 bits per heavy atom. The van der Waals surface area contributed by atoms with Crippen molar-refractivity contribution < 1.29 is 23.9 Å². The summed E-state index contributed by atoms with van der Waals surface area (Å²) in [4.78, 5) is 51.9. The maximum absolute atomic E-state index is 13.2. The van der Waals surface area contributed by atoms with Crippen LogP contribution in [0.2, 0.25) is 0 Å². The third-order valence-corrected chi connectivity index (χ3v) is 6.53. The number of benzene rings is 3. The molecule has 3 aromatic rings. The number of carbonyl (C=O) groups excluding carboxylic acids is 4. The third-order valence-electron chi connectivity index (χ3n) is 6.18. The molecule has 1 aliphatic heterocycles. The fourth-order valence-corrected chi connectivity index (χ4v) is 4.42. The summed E-state index contributed by atoms with van der Waals surface area (Å²) in [6.45, 7) is 4.06. The third kappa shape index (κ3) is 5.17. The topological polar surface area (TPSA) is 105 Å². The summed E-state index contributed by atoms with van der Waals surface area (Å²) in [5, 5.41) is 5.60. The number of hydrogen-bond donors (Lipinski definition) is 2. The van der Waals surface area contributed by atoms with E-state index in [9.17, 15) is 19.2 Å². The number of methoxy groups -OCH3 is 1. The summed E-state index contributed by atoms with van der Waals surface area (Å²) in [7, 11) is 1.24. The number of amides is 3. The van der Waals surface area contributed by atoms with Crippen LogP contribution in [0.15, 0.2) is 77.5 Å². The number of hydrogen-bond acceptors (Lipinski definition) is 6. The molecule has 0 bridgehead atoms. The molecule has 0 saturated heterocycles. The first-order valence-electron chi connectivity index (χ1n) is 12.0. The highest BCUT2D eigenvalue weighted by Gasteiger charge is 2.39. The van der Waals surface area contributed by atoms with Crippen molar-refractivity contribution >= 4 is 52.4 Å². The molecule has 0 aromatic heterocycles. The van der Waals surface area contributed by atoms with Crippen LogP contribution in [0.3, 0.4) is 0 Å². The van der Waals surface area contributed by atoms with Gasteiger partial charge in [-0.25, -0.2) is 9.69 Å². The Kier molecular flexibility index (Phi) is 7.93. The van der Waals surface area contributed by atoms with Crippen LogP contribution in [-0.4, -0.2) is 30.8 Å². The Balaban J connectivity index is 1.56. The van der Waals surface area contributed by atoms with Gasteiger partial charge >= 0.3 is 5.97 Å². The van der Waals surface area contributed by atoms with Crippen LogP contribution < -0.4 is 15.5 Å². The van der Waals surface area contributed by atoms with Crippen molar-refractivity contribution in [3.05, 3.63) is 99.7 Å². The molecule has 1 heterocycles. The van der Waals surface area contributed by atoms with Crippen LogP contribution in [0.5, 0.6) is 0 Å². The van der Waals surface area contributed by atoms with E-state index in [0.29, 0.717) is 11.3 Å². The number of esters is 1. The number of para-hydroxylation sites is 1. The zero-order valence-electron chi connectivity index (χ0n) is 21.1. The van der Waals surface area contributed by atoms with Gasteiger partial charge in [0.05, 0.1) is 18.4 Å². The van der Waals surface area contributed by atoms with Gasteiger partial charge in [-0.2, -0.15) is 0 Å². The normalized spacial score (nSPS) is 13.1. The lowest BCUT2D eigenvalue weighted by Gasteiger charge is -2.16. The largest absolute Gasteiger partial charge is 0.465 e. The lowest BCUT2D eigenvalue weighted by Crippen LogP contribution is -2.32. The second kappa shape index (κ2) is 11.3. The molecular weight excluding hydrogens is 506 g/mol. The maximum atomic E-state index is 13.2. The van der Waals surface area contributed by atoms with Crippen LogP contribution in [0, 0.1) is 0 Å². The molecule has 2 N–H and O–H groups in total. The smallest absolute Gasteiger partial charge is 0.337 e. The Morgan fingerprint density at radius 3 is 2.16 bits per heavy atom.